The molecule has 0 radical (unpaired) electrons. The number of ether oxygens (including phenoxy) is 1. The van der Waals surface area contributed by atoms with Crippen molar-refractivity contribution >= 4 is 43.2 Å². The van der Waals surface area contributed by atoms with Gasteiger partial charge in [-0.2, -0.15) is 0 Å². The Balaban J connectivity index is 1.71. The number of rotatable bonds is 6. The number of hydrogen-bond donors (Lipinski definition) is 2. The molecule has 3 N–H and O–H groups in total. The Morgan fingerprint density at radius 2 is 2.04 bits per heavy atom. The number of carbonyl (C=O) groups excluding carboxylic acids is 1. The number of fused-ring (bicyclic) bond motifs is 1. The second-order valence-corrected chi connectivity index (χ2v) is 8.21. The molecule has 3 rings (SSSR count). The first kappa shape index (κ1) is 18.3. The maximum Gasteiger partial charge on any atom is 0.238 e. The summed E-state index contributed by atoms with van der Waals surface area (Å²) >= 11 is 1.55. The molecule has 26 heavy (non-hydrogen) atoms. The molecule has 0 bridgehead atoms. The molecule has 0 saturated heterocycles. The molecule has 1 heterocycles. The summed E-state index contributed by atoms with van der Waals surface area (Å²) in [5, 5.41) is 8.67. The van der Waals surface area contributed by atoms with Gasteiger partial charge in [0.2, 0.25) is 15.9 Å². The average molecular weight is 391 g/mol. The Labute approximate surface area is 154 Å². The first-order valence-electron chi connectivity index (χ1n) is 7.72. The number of carbonyl (C=O) groups is 1. The number of nitrogens with zero attached hydrogens (tertiary/aromatic N) is 1. The van der Waals surface area contributed by atoms with Gasteiger partial charge in [-0.05, 0) is 30.3 Å². The fraction of sp³-hybridized carbons (Fsp3) is 0.176. The van der Waals surface area contributed by atoms with E-state index in [1.807, 2.05) is 24.3 Å². The van der Waals surface area contributed by atoms with Crippen molar-refractivity contribution in [3.8, 4) is 5.75 Å². The predicted octanol–water partition coefficient (Wildman–Crippen LogP) is 2.52. The van der Waals surface area contributed by atoms with Gasteiger partial charge in [-0.15, -0.1) is 11.3 Å². The van der Waals surface area contributed by atoms with Crippen molar-refractivity contribution in [2.24, 2.45) is 5.14 Å². The van der Waals surface area contributed by atoms with Gasteiger partial charge in [0.05, 0.1) is 32.9 Å². The number of benzene rings is 2. The number of nitrogens with one attached hydrogen (secondary N) is 1. The molecular weight excluding hydrogens is 374 g/mol. The van der Waals surface area contributed by atoms with E-state index in [9.17, 15) is 13.2 Å². The number of anilines is 1. The highest BCUT2D eigenvalue weighted by atomic mass is 32.2. The molecule has 9 heteroatoms. The van der Waals surface area contributed by atoms with Crippen molar-refractivity contribution in [2.45, 2.75) is 17.7 Å². The summed E-state index contributed by atoms with van der Waals surface area (Å²) in [5.74, 6) is 0.0832. The molecule has 0 unspecified atom stereocenters. The number of nitrogens with two attached hydrogens (primary N) is 1. The normalized spacial score (nSPS) is 11.5. The number of thiazole rings is 1. The molecule has 0 aliphatic carbocycles. The third-order valence-corrected chi connectivity index (χ3v) is 5.68. The van der Waals surface area contributed by atoms with E-state index in [0.717, 1.165) is 15.2 Å². The van der Waals surface area contributed by atoms with Crippen LogP contribution in [0, 0.1) is 0 Å². The van der Waals surface area contributed by atoms with Crippen LogP contribution in [0.4, 0.5) is 5.69 Å². The van der Waals surface area contributed by atoms with Crippen molar-refractivity contribution in [3.05, 3.63) is 47.5 Å². The number of hydrogen-bond acceptors (Lipinski definition) is 6. The van der Waals surface area contributed by atoms with E-state index in [1.165, 1.54) is 25.3 Å². The van der Waals surface area contributed by atoms with Crippen LogP contribution in [0.15, 0.2) is 47.4 Å². The SMILES string of the molecule is COc1ccc(S(N)(=O)=O)cc1NC(=O)CCc1nc2ccccc2s1. The molecule has 7 nitrogen and oxygen atoms in total. The summed E-state index contributed by atoms with van der Waals surface area (Å²) in [6, 6.07) is 11.8. The fourth-order valence-electron chi connectivity index (χ4n) is 2.42. The molecule has 0 fully saturated rings. The molecule has 0 spiro atoms. The molecule has 136 valence electrons. The van der Waals surface area contributed by atoms with Crippen LogP contribution in [-0.2, 0) is 21.2 Å². The summed E-state index contributed by atoms with van der Waals surface area (Å²) in [4.78, 5) is 16.7. The monoisotopic (exact) mass is 391 g/mol. The van der Waals surface area contributed by atoms with Crippen molar-refractivity contribution in [3.63, 3.8) is 0 Å². The van der Waals surface area contributed by atoms with E-state index >= 15 is 0 Å². The quantitative estimate of drug-likeness (QED) is 0.671. The lowest BCUT2D eigenvalue weighted by Gasteiger charge is -2.11. The third kappa shape index (κ3) is 4.18. The Bertz CT molecular complexity index is 1030. The molecule has 0 atom stereocenters. The molecule has 0 aliphatic heterocycles. The lowest BCUT2D eigenvalue weighted by molar-refractivity contribution is -0.116. The summed E-state index contributed by atoms with van der Waals surface area (Å²) in [7, 11) is -2.44. The average Bonchev–Trinajstić information content (AvgIpc) is 3.02. The number of primary sulfonamides is 1. The van der Waals surface area contributed by atoms with E-state index in [1.54, 1.807) is 11.3 Å². The largest absolute Gasteiger partial charge is 0.495 e. The van der Waals surface area contributed by atoms with Crippen LogP contribution in [-0.4, -0.2) is 26.4 Å². The van der Waals surface area contributed by atoms with Gasteiger partial charge in [0, 0.05) is 12.8 Å². The van der Waals surface area contributed by atoms with Crippen LogP contribution in [0.1, 0.15) is 11.4 Å². The maximum absolute atomic E-state index is 12.3. The van der Waals surface area contributed by atoms with Crippen molar-refractivity contribution in [1.29, 1.82) is 0 Å². The highest BCUT2D eigenvalue weighted by Gasteiger charge is 2.14. The number of aromatic nitrogens is 1. The van der Waals surface area contributed by atoms with Gasteiger partial charge in [0.25, 0.3) is 0 Å². The van der Waals surface area contributed by atoms with Crippen LogP contribution in [0.2, 0.25) is 0 Å². The van der Waals surface area contributed by atoms with E-state index in [2.05, 4.69) is 10.3 Å². The summed E-state index contributed by atoms with van der Waals surface area (Å²) in [5.41, 5.74) is 1.17. The van der Waals surface area contributed by atoms with Crippen LogP contribution >= 0.6 is 11.3 Å². The summed E-state index contributed by atoms with van der Waals surface area (Å²) in [6.07, 6.45) is 0.699. The third-order valence-electron chi connectivity index (χ3n) is 3.68. The van der Waals surface area contributed by atoms with Gasteiger partial charge in [0.15, 0.2) is 0 Å². The Morgan fingerprint density at radius 3 is 2.73 bits per heavy atom. The molecule has 0 saturated carbocycles. The van der Waals surface area contributed by atoms with Crippen LogP contribution < -0.4 is 15.2 Å². The van der Waals surface area contributed by atoms with E-state index in [-0.39, 0.29) is 22.9 Å². The van der Waals surface area contributed by atoms with Crippen molar-refractivity contribution in [1.82, 2.24) is 4.98 Å². The van der Waals surface area contributed by atoms with Crippen LogP contribution in [0.5, 0.6) is 5.75 Å². The summed E-state index contributed by atoms with van der Waals surface area (Å²) < 4.78 is 29.2. The zero-order valence-electron chi connectivity index (χ0n) is 13.9. The molecule has 1 aromatic heterocycles. The smallest absolute Gasteiger partial charge is 0.238 e. The zero-order valence-corrected chi connectivity index (χ0v) is 15.6. The van der Waals surface area contributed by atoms with E-state index in [4.69, 9.17) is 9.88 Å². The number of methoxy groups -OCH3 is 1. The van der Waals surface area contributed by atoms with Gasteiger partial charge in [-0.1, -0.05) is 12.1 Å². The van der Waals surface area contributed by atoms with Gasteiger partial charge in [-0.3, -0.25) is 4.79 Å². The van der Waals surface area contributed by atoms with Gasteiger partial charge < -0.3 is 10.1 Å². The minimum atomic E-state index is -3.87. The lowest BCUT2D eigenvalue weighted by Crippen LogP contribution is -2.15. The fourth-order valence-corrected chi connectivity index (χ4v) is 3.93. The number of sulfonamides is 1. The number of amides is 1. The van der Waals surface area contributed by atoms with Crippen LogP contribution in [0.3, 0.4) is 0 Å². The number of para-hydroxylation sites is 1. The van der Waals surface area contributed by atoms with Crippen LogP contribution in [0.25, 0.3) is 10.2 Å². The van der Waals surface area contributed by atoms with Crippen molar-refractivity contribution in [2.75, 3.05) is 12.4 Å². The Hall–Kier alpha value is -2.49. The summed E-state index contributed by atoms with van der Waals surface area (Å²) in [6.45, 7) is 0. The topological polar surface area (TPSA) is 111 Å². The first-order valence-corrected chi connectivity index (χ1v) is 10.1. The molecule has 3 aromatic rings. The van der Waals surface area contributed by atoms with Gasteiger partial charge in [0.1, 0.15) is 5.75 Å². The second-order valence-electron chi connectivity index (χ2n) is 5.53. The second kappa shape index (κ2) is 7.40. The highest BCUT2D eigenvalue weighted by molar-refractivity contribution is 7.89. The predicted molar refractivity (Wildman–Crippen MR) is 101 cm³/mol. The highest BCUT2D eigenvalue weighted by Crippen LogP contribution is 2.27. The minimum absolute atomic E-state index is 0.0974. The molecular formula is C17H17N3O4S2. The standard InChI is InChI=1S/C17H17N3O4S2/c1-24-14-7-6-11(26(18,22)23)10-13(14)19-16(21)8-9-17-20-12-4-2-3-5-15(12)25-17/h2-7,10H,8-9H2,1H3,(H,19,21)(H2,18,22,23). The number of aryl methyl sites for hydroxylation is 1. The maximum atomic E-state index is 12.3. The van der Waals surface area contributed by atoms with E-state index < -0.39 is 10.0 Å². The molecule has 1 amide bonds. The Morgan fingerprint density at radius 1 is 1.27 bits per heavy atom. The lowest BCUT2D eigenvalue weighted by atomic mass is 10.2. The minimum Gasteiger partial charge on any atom is -0.495 e. The van der Waals surface area contributed by atoms with Crippen molar-refractivity contribution < 1.29 is 17.9 Å². The molecule has 2 aromatic carbocycles. The Kier molecular flexibility index (Phi) is 5.21. The van der Waals surface area contributed by atoms with E-state index in [0.29, 0.717) is 12.2 Å². The first-order chi connectivity index (χ1) is 12.4. The van der Waals surface area contributed by atoms with Gasteiger partial charge in [-0.25, -0.2) is 18.5 Å². The molecule has 0 aliphatic rings. The van der Waals surface area contributed by atoms with Gasteiger partial charge >= 0.3 is 0 Å². The zero-order chi connectivity index (χ0) is 18.7.